The van der Waals surface area contributed by atoms with Gasteiger partial charge in [0, 0.05) is 12.5 Å². The summed E-state index contributed by atoms with van der Waals surface area (Å²) >= 11 is 1.33. The fourth-order valence-corrected chi connectivity index (χ4v) is 2.16. The maximum atomic E-state index is 12.0. The lowest BCUT2D eigenvalue weighted by Gasteiger charge is -2.04. The maximum Gasteiger partial charge on any atom is 0.308 e. The molecule has 0 aliphatic carbocycles. The lowest BCUT2D eigenvalue weighted by atomic mass is 10.2. The van der Waals surface area contributed by atoms with E-state index in [0.717, 1.165) is 11.4 Å². The number of benzene rings is 1. The second kappa shape index (κ2) is 6.25. The van der Waals surface area contributed by atoms with E-state index >= 15 is 0 Å². The van der Waals surface area contributed by atoms with Crippen LogP contribution >= 0.6 is 11.3 Å². The lowest BCUT2D eigenvalue weighted by Crippen LogP contribution is -2.12. The highest BCUT2D eigenvalue weighted by molar-refractivity contribution is 7.15. The van der Waals surface area contributed by atoms with E-state index in [4.69, 9.17) is 4.74 Å². The Bertz CT molecular complexity index is 639. The number of aromatic nitrogens is 2. The van der Waals surface area contributed by atoms with Gasteiger partial charge < -0.3 is 4.74 Å². The van der Waals surface area contributed by atoms with E-state index in [-0.39, 0.29) is 5.91 Å². The van der Waals surface area contributed by atoms with Gasteiger partial charge in [0.1, 0.15) is 10.8 Å². The van der Waals surface area contributed by atoms with Crippen molar-refractivity contribution in [2.75, 3.05) is 5.32 Å². The molecule has 0 aliphatic heterocycles. The van der Waals surface area contributed by atoms with Crippen LogP contribution in [0.15, 0.2) is 24.3 Å². The molecule has 6 nitrogen and oxygen atoms in total. The molecule has 1 amide bonds. The van der Waals surface area contributed by atoms with Gasteiger partial charge in [0.05, 0.1) is 0 Å². The average Bonchev–Trinajstić information content (AvgIpc) is 2.86. The van der Waals surface area contributed by atoms with Gasteiger partial charge in [-0.15, -0.1) is 10.2 Å². The summed E-state index contributed by atoms with van der Waals surface area (Å²) in [5, 5.41) is 11.8. The van der Waals surface area contributed by atoms with Gasteiger partial charge in [0.2, 0.25) is 5.13 Å². The van der Waals surface area contributed by atoms with Crippen LogP contribution in [0.25, 0.3) is 0 Å². The second-order valence-electron chi connectivity index (χ2n) is 3.93. The first kappa shape index (κ1) is 14.1. The van der Waals surface area contributed by atoms with Crippen molar-refractivity contribution in [3.63, 3.8) is 0 Å². The van der Waals surface area contributed by atoms with E-state index in [9.17, 15) is 9.59 Å². The number of ether oxygens (including phenoxy) is 1. The van der Waals surface area contributed by atoms with E-state index < -0.39 is 5.97 Å². The standard InChI is InChI=1S/C13H13N3O3S/c1-3-11-15-16-13(20-11)14-12(18)9-5-4-6-10(7-9)19-8(2)17/h4-7H,3H2,1-2H3,(H,14,16,18). The van der Waals surface area contributed by atoms with Gasteiger partial charge in [0.25, 0.3) is 5.91 Å². The largest absolute Gasteiger partial charge is 0.427 e. The second-order valence-corrected chi connectivity index (χ2v) is 4.99. The lowest BCUT2D eigenvalue weighted by molar-refractivity contribution is -0.131. The van der Waals surface area contributed by atoms with Gasteiger partial charge in [-0.1, -0.05) is 24.3 Å². The van der Waals surface area contributed by atoms with Crippen molar-refractivity contribution in [1.82, 2.24) is 10.2 Å². The van der Waals surface area contributed by atoms with E-state index in [2.05, 4.69) is 15.5 Å². The molecule has 0 atom stereocenters. The third-order valence-corrected chi connectivity index (χ3v) is 3.33. The minimum Gasteiger partial charge on any atom is -0.427 e. The minimum atomic E-state index is -0.431. The van der Waals surface area contributed by atoms with Crippen LogP contribution in [-0.4, -0.2) is 22.1 Å². The van der Waals surface area contributed by atoms with Crippen LogP contribution in [0.2, 0.25) is 0 Å². The molecule has 0 aliphatic rings. The molecule has 104 valence electrons. The first-order valence-electron chi connectivity index (χ1n) is 6.00. The Hall–Kier alpha value is -2.28. The summed E-state index contributed by atoms with van der Waals surface area (Å²) in [4.78, 5) is 22.9. The van der Waals surface area contributed by atoms with Crippen LogP contribution in [0.4, 0.5) is 5.13 Å². The molecular formula is C13H13N3O3S. The minimum absolute atomic E-state index is 0.321. The van der Waals surface area contributed by atoms with Crippen LogP contribution in [0.5, 0.6) is 5.75 Å². The zero-order valence-electron chi connectivity index (χ0n) is 11.0. The van der Waals surface area contributed by atoms with Crippen molar-refractivity contribution >= 4 is 28.3 Å². The molecule has 1 N–H and O–H groups in total. The predicted octanol–water partition coefficient (Wildman–Crippen LogP) is 2.28. The molecule has 0 fully saturated rings. The molecule has 1 aromatic carbocycles. The summed E-state index contributed by atoms with van der Waals surface area (Å²) in [7, 11) is 0. The number of hydrogen-bond acceptors (Lipinski definition) is 6. The number of rotatable bonds is 4. The zero-order chi connectivity index (χ0) is 14.5. The topological polar surface area (TPSA) is 81.2 Å². The van der Waals surface area contributed by atoms with Crippen molar-refractivity contribution in [2.24, 2.45) is 0 Å². The van der Waals surface area contributed by atoms with E-state index in [1.54, 1.807) is 18.2 Å². The number of aryl methyl sites for hydroxylation is 1. The van der Waals surface area contributed by atoms with Crippen LogP contribution in [0.3, 0.4) is 0 Å². The Labute approximate surface area is 119 Å². The third-order valence-electron chi connectivity index (χ3n) is 2.35. The van der Waals surface area contributed by atoms with Crippen LogP contribution in [-0.2, 0) is 11.2 Å². The van der Waals surface area contributed by atoms with Gasteiger partial charge in [-0.3, -0.25) is 14.9 Å². The molecule has 0 spiro atoms. The monoisotopic (exact) mass is 291 g/mol. The molecule has 0 bridgehead atoms. The molecule has 0 saturated heterocycles. The number of nitrogens with zero attached hydrogens (tertiary/aromatic N) is 2. The Balaban J connectivity index is 2.10. The summed E-state index contributed by atoms with van der Waals surface area (Å²) in [6.45, 7) is 3.27. The highest BCUT2D eigenvalue weighted by Crippen LogP contribution is 2.18. The summed E-state index contributed by atoms with van der Waals surface area (Å²) in [5.74, 6) is -0.422. The molecule has 0 saturated carbocycles. The van der Waals surface area contributed by atoms with E-state index in [1.165, 1.54) is 24.3 Å². The van der Waals surface area contributed by atoms with Crippen LogP contribution < -0.4 is 10.1 Å². The van der Waals surface area contributed by atoms with Crippen molar-refractivity contribution in [2.45, 2.75) is 20.3 Å². The maximum absolute atomic E-state index is 12.0. The van der Waals surface area contributed by atoms with Gasteiger partial charge in [0.15, 0.2) is 0 Å². The highest BCUT2D eigenvalue weighted by Gasteiger charge is 2.11. The normalized spacial score (nSPS) is 10.1. The molecule has 0 radical (unpaired) electrons. The SMILES string of the molecule is CCc1nnc(NC(=O)c2cccc(OC(C)=O)c2)s1. The van der Waals surface area contributed by atoms with Crippen molar-refractivity contribution < 1.29 is 14.3 Å². The van der Waals surface area contributed by atoms with Crippen molar-refractivity contribution in [3.8, 4) is 5.75 Å². The van der Waals surface area contributed by atoms with Gasteiger partial charge in [-0.05, 0) is 24.6 Å². The smallest absolute Gasteiger partial charge is 0.308 e. The molecule has 2 aromatic rings. The number of carbonyl (C=O) groups excluding carboxylic acids is 2. The third kappa shape index (κ3) is 3.61. The molecule has 2 rings (SSSR count). The highest BCUT2D eigenvalue weighted by atomic mass is 32.1. The summed E-state index contributed by atoms with van der Waals surface area (Å²) in [6, 6.07) is 6.38. The molecule has 1 heterocycles. The fraction of sp³-hybridized carbons (Fsp3) is 0.231. The zero-order valence-corrected chi connectivity index (χ0v) is 11.9. The number of hydrogen-bond donors (Lipinski definition) is 1. The Morgan fingerprint density at radius 1 is 1.35 bits per heavy atom. The van der Waals surface area contributed by atoms with Crippen LogP contribution in [0.1, 0.15) is 29.2 Å². The molecule has 1 aromatic heterocycles. The Morgan fingerprint density at radius 2 is 2.15 bits per heavy atom. The van der Waals surface area contributed by atoms with Gasteiger partial charge in [-0.2, -0.15) is 0 Å². The number of nitrogens with one attached hydrogen (secondary N) is 1. The van der Waals surface area contributed by atoms with Crippen LogP contribution in [0, 0.1) is 0 Å². The Kier molecular flexibility index (Phi) is 4.41. The molecule has 0 unspecified atom stereocenters. The number of anilines is 1. The van der Waals surface area contributed by atoms with Crippen molar-refractivity contribution in [3.05, 3.63) is 34.8 Å². The fourth-order valence-electron chi connectivity index (χ4n) is 1.48. The first-order valence-corrected chi connectivity index (χ1v) is 6.82. The van der Waals surface area contributed by atoms with Gasteiger partial charge in [-0.25, -0.2) is 0 Å². The van der Waals surface area contributed by atoms with E-state index in [1.807, 2.05) is 6.92 Å². The van der Waals surface area contributed by atoms with Crippen molar-refractivity contribution in [1.29, 1.82) is 0 Å². The quantitative estimate of drug-likeness (QED) is 0.690. The summed E-state index contributed by atoms with van der Waals surface area (Å²) < 4.78 is 4.93. The predicted molar refractivity (Wildman–Crippen MR) is 75.0 cm³/mol. The van der Waals surface area contributed by atoms with Gasteiger partial charge >= 0.3 is 5.97 Å². The number of amides is 1. The Morgan fingerprint density at radius 3 is 2.80 bits per heavy atom. The van der Waals surface area contributed by atoms with E-state index in [0.29, 0.717) is 16.4 Å². The number of esters is 1. The summed E-state index contributed by atoms with van der Waals surface area (Å²) in [6.07, 6.45) is 0.773. The number of carbonyl (C=O) groups is 2. The molecular weight excluding hydrogens is 278 g/mol. The molecule has 20 heavy (non-hydrogen) atoms. The average molecular weight is 291 g/mol. The first-order chi connectivity index (χ1) is 9.58. The summed E-state index contributed by atoms with van der Waals surface area (Å²) in [5.41, 5.74) is 0.386. The molecule has 7 heteroatoms.